The Bertz CT molecular complexity index is 770. The molecule has 1 amide bonds. The molecule has 2 heterocycles. The predicted molar refractivity (Wildman–Crippen MR) is 125 cm³/mol. The van der Waals surface area contributed by atoms with Crippen molar-refractivity contribution in [2.45, 2.75) is 105 Å². The van der Waals surface area contributed by atoms with E-state index in [0.29, 0.717) is 0 Å². The van der Waals surface area contributed by atoms with Crippen molar-refractivity contribution in [1.82, 2.24) is 5.32 Å². The molecule has 2 saturated heterocycles. The van der Waals surface area contributed by atoms with Crippen molar-refractivity contribution in [3.8, 4) is 0 Å². The number of carbonyl (C=O) groups excluding carboxylic acids is 1. The maximum Gasteiger partial charge on any atom is 0.249 e. The number of nitrogens with one attached hydrogen (secondary N) is 1. The molecule has 0 spiro atoms. The van der Waals surface area contributed by atoms with Gasteiger partial charge in [-0.05, 0) is 19.4 Å². The van der Waals surface area contributed by atoms with Crippen LogP contribution in [-0.2, 0) is 23.7 Å². The lowest BCUT2D eigenvalue weighted by Gasteiger charge is -2.48. The summed E-state index contributed by atoms with van der Waals surface area (Å²) in [5, 5.41) is 74.0. The fraction of sp³-hybridized carbons (Fsp3) is 0.952. The van der Waals surface area contributed by atoms with E-state index in [-0.39, 0.29) is 25.9 Å². The average molecular weight is 556 g/mol. The topological polar surface area (TPSA) is 312 Å². The Balaban J connectivity index is 1.84. The molecule has 222 valence electrons. The fourth-order valence-corrected chi connectivity index (χ4v) is 4.84. The summed E-state index contributed by atoms with van der Waals surface area (Å²) in [6.45, 7) is -0.764. The van der Waals surface area contributed by atoms with Gasteiger partial charge in [0.15, 0.2) is 12.6 Å². The molecule has 2 aliphatic heterocycles. The molecule has 1 aliphatic carbocycles. The van der Waals surface area contributed by atoms with E-state index in [0.717, 1.165) is 0 Å². The molecule has 15 atom stereocenters. The minimum absolute atomic E-state index is 0.0255. The number of nitrogens with two attached hydrogens (primary N) is 4. The number of aliphatic hydroxyl groups excluding tert-OH is 7. The molecular weight excluding hydrogens is 514 g/mol. The van der Waals surface area contributed by atoms with Crippen LogP contribution in [0.1, 0.15) is 12.8 Å². The minimum atomic E-state index is -1.62. The Morgan fingerprint density at radius 1 is 0.895 bits per heavy atom. The van der Waals surface area contributed by atoms with Gasteiger partial charge in [0.25, 0.3) is 0 Å². The van der Waals surface area contributed by atoms with Crippen LogP contribution in [-0.4, -0.2) is 153 Å². The molecular formula is C21H41N5O12. The third-order valence-corrected chi connectivity index (χ3v) is 7.15. The first-order chi connectivity index (χ1) is 17.9. The summed E-state index contributed by atoms with van der Waals surface area (Å²) in [4.78, 5) is 12.4. The van der Waals surface area contributed by atoms with Crippen LogP contribution in [0.3, 0.4) is 0 Å². The van der Waals surface area contributed by atoms with Gasteiger partial charge in [-0.15, -0.1) is 0 Å². The Morgan fingerprint density at radius 2 is 1.50 bits per heavy atom. The lowest BCUT2D eigenvalue weighted by Crippen LogP contribution is -2.69. The molecule has 17 nitrogen and oxygen atoms in total. The Labute approximate surface area is 218 Å². The molecule has 3 rings (SSSR count). The first-order valence-corrected chi connectivity index (χ1v) is 12.5. The van der Waals surface area contributed by atoms with E-state index in [1.165, 1.54) is 0 Å². The number of aliphatic hydroxyl groups is 7. The maximum atomic E-state index is 12.4. The van der Waals surface area contributed by atoms with Crippen LogP contribution in [0.2, 0.25) is 0 Å². The largest absolute Gasteiger partial charge is 0.394 e. The van der Waals surface area contributed by atoms with Gasteiger partial charge in [-0.25, -0.2) is 0 Å². The summed E-state index contributed by atoms with van der Waals surface area (Å²) in [7, 11) is 0. The SMILES string of the molecule is NCCC(O)C(=O)N[C@@H]1C[C@H](N)[C@@H](O[C@H]2O[C@H](CN)[C@@H](O)[C@H](O)[C@H]2N)[C@H](O[C@@H]2O[C@H](CO)C(O)[C@H]2O)[C@H]1O. The van der Waals surface area contributed by atoms with Crippen LogP contribution < -0.4 is 28.3 Å². The number of rotatable bonds is 10. The van der Waals surface area contributed by atoms with Crippen molar-refractivity contribution in [1.29, 1.82) is 0 Å². The molecule has 0 aromatic rings. The fourth-order valence-electron chi connectivity index (χ4n) is 4.84. The zero-order valence-electron chi connectivity index (χ0n) is 20.7. The third kappa shape index (κ3) is 6.60. The molecule has 16 N–H and O–H groups in total. The summed E-state index contributed by atoms with van der Waals surface area (Å²) in [6.07, 6.45) is -16.9. The molecule has 17 heteroatoms. The lowest BCUT2D eigenvalue weighted by atomic mass is 9.83. The van der Waals surface area contributed by atoms with Gasteiger partial charge in [0, 0.05) is 12.6 Å². The number of ether oxygens (including phenoxy) is 4. The molecule has 0 bridgehead atoms. The lowest BCUT2D eigenvalue weighted by molar-refractivity contribution is -0.307. The van der Waals surface area contributed by atoms with E-state index in [1.54, 1.807) is 0 Å². The van der Waals surface area contributed by atoms with Crippen molar-refractivity contribution in [2.75, 3.05) is 19.7 Å². The smallest absolute Gasteiger partial charge is 0.249 e. The minimum Gasteiger partial charge on any atom is -0.394 e. The van der Waals surface area contributed by atoms with Gasteiger partial charge in [-0.3, -0.25) is 4.79 Å². The first kappa shape index (κ1) is 31.4. The van der Waals surface area contributed by atoms with Gasteiger partial charge in [0.2, 0.25) is 5.91 Å². The van der Waals surface area contributed by atoms with Crippen molar-refractivity contribution in [3.05, 3.63) is 0 Å². The Hall–Kier alpha value is -1.13. The number of carbonyl (C=O) groups is 1. The van der Waals surface area contributed by atoms with Gasteiger partial charge in [-0.1, -0.05) is 0 Å². The van der Waals surface area contributed by atoms with Gasteiger partial charge < -0.3 is 82.9 Å². The quantitative estimate of drug-likeness (QED) is 0.119. The molecule has 3 aliphatic rings. The summed E-state index contributed by atoms with van der Waals surface area (Å²) in [5.74, 6) is -0.807. The normalized spacial score (nSPS) is 46.6. The third-order valence-electron chi connectivity index (χ3n) is 7.15. The van der Waals surface area contributed by atoms with Gasteiger partial charge in [0.1, 0.15) is 61.0 Å². The molecule has 0 radical (unpaired) electrons. The van der Waals surface area contributed by atoms with Crippen molar-refractivity contribution in [3.63, 3.8) is 0 Å². The van der Waals surface area contributed by atoms with E-state index in [9.17, 15) is 40.5 Å². The van der Waals surface area contributed by atoms with E-state index in [1.807, 2.05) is 0 Å². The summed E-state index contributed by atoms with van der Waals surface area (Å²) in [5.41, 5.74) is 23.3. The standard InChI is InChI=1S/C21H41N5O12/c22-2-1-8(28)19(34)26-7-3-6(24)17(37-20-11(25)15(32)13(30)9(4-23)35-20)18(12(7)29)38-21-16(33)14(31)10(5-27)36-21/h6-18,20-21,27-33H,1-5,22-25H2,(H,26,34)/t6-,7+,8?,9+,10+,11+,12-,13+,14?,15+,16+,17+,18+,20+,21-/m0/s1. The highest BCUT2D eigenvalue weighted by Gasteiger charge is 2.53. The number of amides is 1. The van der Waals surface area contributed by atoms with Crippen molar-refractivity contribution in [2.24, 2.45) is 22.9 Å². The molecule has 1 saturated carbocycles. The Kier molecular flexibility index (Phi) is 11.1. The first-order valence-electron chi connectivity index (χ1n) is 12.5. The van der Waals surface area contributed by atoms with Gasteiger partial charge >= 0.3 is 0 Å². The monoisotopic (exact) mass is 555 g/mol. The zero-order chi connectivity index (χ0) is 28.3. The average Bonchev–Trinajstić information content (AvgIpc) is 3.16. The number of hydrogen-bond donors (Lipinski definition) is 12. The van der Waals surface area contributed by atoms with Crippen LogP contribution in [0.25, 0.3) is 0 Å². The molecule has 0 aromatic carbocycles. The molecule has 38 heavy (non-hydrogen) atoms. The van der Waals surface area contributed by atoms with E-state index >= 15 is 0 Å². The second kappa shape index (κ2) is 13.5. The zero-order valence-corrected chi connectivity index (χ0v) is 20.7. The van der Waals surface area contributed by atoms with Crippen LogP contribution in [0.4, 0.5) is 0 Å². The summed E-state index contributed by atoms with van der Waals surface area (Å²) < 4.78 is 22.7. The highest BCUT2D eigenvalue weighted by molar-refractivity contribution is 5.80. The highest BCUT2D eigenvalue weighted by atomic mass is 16.7. The van der Waals surface area contributed by atoms with E-state index < -0.39 is 104 Å². The van der Waals surface area contributed by atoms with Gasteiger partial charge in [-0.2, -0.15) is 0 Å². The highest BCUT2D eigenvalue weighted by Crippen LogP contribution is 2.32. The summed E-state index contributed by atoms with van der Waals surface area (Å²) in [6, 6.07) is -3.29. The van der Waals surface area contributed by atoms with Crippen molar-refractivity contribution < 1.29 is 59.5 Å². The Morgan fingerprint density at radius 3 is 2.08 bits per heavy atom. The molecule has 2 unspecified atom stereocenters. The van der Waals surface area contributed by atoms with Crippen LogP contribution in [0, 0.1) is 0 Å². The number of hydrogen-bond acceptors (Lipinski definition) is 16. The predicted octanol–water partition coefficient (Wildman–Crippen LogP) is -7.79. The van der Waals surface area contributed by atoms with E-state index in [2.05, 4.69) is 5.32 Å². The van der Waals surface area contributed by atoms with Gasteiger partial charge in [0.05, 0.1) is 18.7 Å². The second-order valence-electron chi connectivity index (χ2n) is 9.84. The van der Waals surface area contributed by atoms with E-state index in [4.69, 9.17) is 41.9 Å². The maximum absolute atomic E-state index is 12.4. The molecule has 3 fully saturated rings. The van der Waals surface area contributed by atoms with Crippen LogP contribution in [0.5, 0.6) is 0 Å². The van der Waals surface area contributed by atoms with Crippen LogP contribution >= 0.6 is 0 Å². The summed E-state index contributed by atoms with van der Waals surface area (Å²) >= 11 is 0. The molecule has 0 aromatic heterocycles. The van der Waals surface area contributed by atoms with Crippen molar-refractivity contribution >= 4 is 5.91 Å². The van der Waals surface area contributed by atoms with Crippen LogP contribution in [0.15, 0.2) is 0 Å². The second-order valence-corrected chi connectivity index (χ2v) is 9.84.